The molecule has 1 fully saturated rings. The molecular weight excluding hydrogens is 244 g/mol. The predicted molar refractivity (Wildman–Crippen MR) is 73.7 cm³/mol. The molecule has 0 aromatic heterocycles. The summed E-state index contributed by atoms with van der Waals surface area (Å²) in [5.74, 6) is -0.881. The maximum absolute atomic E-state index is 12.1. The summed E-state index contributed by atoms with van der Waals surface area (Å²) in [6.45, 7) is 7.73. The highest BCUT2D eigenvalue weighted by Gasteiger charge is 2.32. The van der Waals surface area contributed by atoms with Gasteiger partial charge in [-0.25, -0.2) is 0 Å². The van der Waals surface area contributed by atoms with Crippen LogP contribution in [0.15, 0.2) is 0 Å². The Morgan fingerprint density at radius 3 is 2.47 bits per heavy atom. The van der Waals surface area contributed by atoms with Crippen molar-refractivity contribution < 1.29 is 14.3 Å². The molecule has 2 amide bonds. The predicted octanol–water partition coefficient (Wildman–Crippen LogP) is 1.32. The molecule has 0 radical (unpaired) electrons. The van der Waals surface area contributed by atoms with Crippen LogP contribution in [-0.4, -0.2) is 48.6 Å². The van der Waals surface area contributed by atoms with E-state index in [1.54, 1.807) is 4.90 Å². The number of carbonyl (C=O) groups excluding carboxylic acids is 2. The molecule has 2 unspecified atom stereocenters. The van der Waals surface area contributed by atoms with Crippen LogP contribution in [0.1, 0.15) is 46.5 Å². The second-order valence-corrected chi connectivity index (χ2v) is 5.15. The SMILES string of the molecule is CCOCCCNC(=O)C(=O)N1C(C)CCCC1C. The minimum Gasteiger partial charge on any atom is -0.382 e. The van der Waals surface area contributed by atoms with Crippen LogP contribution in [0.4, 0.5) is 0 Å². The fourth-order valence-corrected chi connectivity index (χ4v) is 2.53. The van der Waals surface area contributed by atoms with Gasteiger partial charge in [-0.1, -0.05) is 0 Å². The van der Waals surface area contributed by atoms with Gasteiger partial charge in [0, 0.05) is 31.8 Å². The Morgan fingerprint density at radius 2 is 1.89 bits per heavy atom. The average molecular weight is 270 g/mol. The minimum atomic E-state index is -0.489. The Kier molecular flexibility index (Phi) is 6.84. The quantitative estimate of drug-likeness (QED) is 0.605. The number of hydrogen-bond donors (Lipinski definition) is 1. The standard InChI is InChI=1S/C14H26N2O3/c1-4-19-10-6-9-15-13(17)14(18)16-11(2)7-5-8-12(16)3/h11-12H,4-10H2,1-3H3,(H,15,17). The van der Waals surface area contributed by atoms with Crippen LogP contribution in [0.25, 0.3) is 0 Å². The Labute approximate surface area is 115 Å². The third kappa shape index (κ3) is 4.82. The van der Waals surface area contributed by atoms with E-state index >= 15 is 0 Å². The summed E-state index contributed by atoms with van der Waals surface area (Å²) < 4.78 is 5.18. The smallest absolute Gasteiger partial charge is 0.312 e. The molecular formula is C14H26N2O3. The largest absolute Gasteiger partial charge is 0.382 e. The topological polar surface area (TPSA) is 58.6 Å². The van der Waals surface area contributed by atoms with Crippen LogP contribution in [0.3, 0.4) is 0 Å². The number of likely N-dealkylation sites (tertiary alicyclic amines) is 1. The summed E-state index contributed by atoms with van der Waals surface area (Å²) >= 11 is 0. The van der Waals surface area contributed by atoms with Crippen molar-refractivity contribution >= 4 is 11.8 Å². The lowest BCUT2D eigenvalue weighted by atomic mass is 9.97. The number of nitrogens with zero attached hydrogens (tertiary/aromatic N) is 1. The van der Waals surface area contributed by atoms with Crippen molar-refractivity contribution in [2.75, 3.05) is 19.8 Å². The molecule has 0 aliphatic carbocycles. The van der Waals surface area contributed by atoms with Crippen molar-refractivity contribution in [3.05, 3.63) is 0 Å². The molecule has 110 valence electrons. The van der Waals surface area contributed by atoms with Gasteiger partial charge in [-0.15, -0.1) is 0 Å². The first-order valence-corrected chi connectivity index (χ1v) is 7.26. The van der Waals surface area contributed by atoms with E-state index in [1.165, 1.54) is 0 Å². The zero-order chi connectivity index (χ0) is 14.3. The van der Waals surface area contributed by atoms with E-state index in [1.807, 2.05) is 20.8 Å². The van der Waals surface area contributed by atoms with E-state index in [0.29, 0.717) is 19.8 Å². The van der Waals surface area contributed by atoms with Crippen LogP contribution in [0, 0.1) is 0 Å². The monoisotopic (exact) mass is 270 g/mol. The molecule has 0 saturated carbocycles. The minimum absolute atomic E-state index is 0.158. The normalized spacial score (nSPS) is 23.2. The summed E-state index contributed by atoms with van der Waals surface area (Å²) in [4.78, 5) is 25.7. The van der Waals surface area contributed by atoms with Crippen LogP contribution in [0.5, 0.6) is 0 Å². The lowest BCUT2D eigenvalue weighted by Crippen LogP contribution is -2.53. The van der Waals surface area contributed by atoms with Gasteiger partial charge in [-0.05, 0) is 46.5 Å². The van der Waals surface area contributed by atoms with E-state index in [9.17, 15) is 9.59 Å². The van der Waals surface area contributed by atoms with Gasteiger partial charge >= 0.3 is 11.8 Å². The van der Waals surface area contributed by atoms with Gasteiger partial charge in [0.15, 0.2) is 0 Å². The molecule has 1 aliphatic rings. The van der Waals surface area contributed by atoms with Crippen molar-refractivity contribution in [1.82, 2.24) is 10.2 Å². The summed E-state index contributed by atoms with van der Waals surface area (Å²) in [6, 6.07) is 0.316. The summed E-state index contributed by atoms with van der Waals surface area (Å²) in [5, 5.41) is 2.67. The van der Waals surface area contributed by atoms with E-state index in [2.05, 4.69) is 5.32 Å². The molecule has 5 heteroatoms. The number of nitrogens with one attached hydrogen (secondary N) is 1. The fraction of sp³-hybridized carbons (Fsp3) is 0.857. The summed E-state index contributed by atoms with van der Waals surface area (Å²) in [5.41, 5.74) is 0. The Morgan fingerprint density at radius 1 is 1.26 bits per heavy atom. The van der Waals surface area contributed by atoms with Crippen molar-refractivity contribution in [3.63, 3.8) is 0 Å². The lowest BCUT2D eigenvalue weighted by molar-refractivity contribution is -0.150. The third-order valence-corrected chi connectivity index (χ3v) is 3.58. The van der Waals surface area contributed by atoms with Gasteiger partial charge < -0.3 is 15.0 Å². The first kappa shape index (κ1) is 16.0. The molecule has 1 heterocycles. The van der Waals surface area contributed by atoms with Crippen LogP contribution < -0.4 is 5.32 Å². The van der Waals surface area contributed by atoms with Crippen molar-refractivity contribution in [1.29, 1.82) is 0 Å². The highest BCUT2D eigenvalue weighted by molar-refractivity contribution is 6.35. The molecule has 0 bridgehead atoms. The van der Waals surface area contributed by atoms with Crippen LogP contribution >= 0.6 is 0 Å². The van der Waals surface area contributed by atoms with Crippen molar-refractivity contribution in [3.8, 4) is 0 Å². The third-order valence-electron chi connectivity index (χ3n) is 3.58. The molecule has 1 rings (SSSR count). The Balaban J connectivity index is 2.36. The van der Waals surface area contributed by atoms with E-state index in [4.69, 9.17) is 4.74 Å². The molecule has 1 saturated heterocycles. The molecule has 5 nitrogen and oxygen atoms in total. The van der Waals surface area contributed by atoms with Gasteiger partial charge in [0.05, 0.1) is 0 Å². The Hall–Kier alpha value is -1.10. The second-order valence-electron chi connectivity index (χ2n) is 5.15. The molecule has 1 N–H and O–H groups in total. The van der Waals surface area contributed by atoms with Gasteiger partial charge in [0.1, 0.15) is 0 Å². The maximum Gasteiger partial charge on any atom is 0.312 e. The van der Waals surface area contributed by atoms with Gasteiger partial charge in [-0.3, -0.25) is 9.59 Å². The number of amides is 2. The second kappa shape index (κ2) is 8.15. The zero-order valence-corrected chi connectivity index (χ0v) is 12.3. The number of piperidine rings is 1. The zero-order valence-electron chi connectivity index (χ0n) is 12.3. The number of rotatable bonds is 5. The fourth-order valence-electron chi connectivity index (χ4n) is 2.53. The van der Waals surface area contributed by atoms with Crippen LogP contribution in [-0.2, 0) is 14.3 Å². The average Bonchev–Trinajstić information content (AvgIpc) is 2.38. The summed E-state index contributed by atoms with van der Waals surface area (Å²) in [7, 11) is 0. The maximum atomic E-state index is 12.1. The van der Waals surface area contributed by atoms with Gasteiger partial charge in [0.25, 0.3) is 0 Å². The molecule has 2 atom stereocenters. The Bertz CT molecular complexity index is 297. The van der Waals surface area contributed by atoms with Crippen molar-refractivity contribution in [2.24, 2.45) is 0 Å². The van der Waals surface area contributed by atoms with Crippen LogP contribution in [0.2, 0.25) is 0 Å². The van der Waals surface area contributed by atoms with Gasteiger partial charge in [-0.2, -0.15) is 0 Å². The van der Waals surface area contributed by atoms with E-state index in [0.717, 1.165) is 25.7 Å². The van der Waals surface area contributed by atoms with Crippen molar-refractivity contribution in [2.45, 2.75) is 58.5 Å². The lowest BCUT2D eigenvalue weighted by Gasteiger charge is -2.38. The molecule has 19 heavy (non-hydrogen) atoms. The number of carbonyl (C=O) groups is 2. The highest BCUT2D eigenvalue weighted by atomic mass is 16.5. The van der Waals surface area contributed by atoms with E-state index in [-0.39, 0.29) is 12.1 Å². The van der Waals surface area contributed by atoms with E-state index < -0.39 is 11.8 Å². The summed E-state index contributed by atoms with van der Waals surface area (Å²) in [6.07, 6.45) is 3.82. The number of hydrogen-bond acceptors (Lipinski definition) is 3. The first-order valence-electron chi connectivity index (χ1n) is 7.26. The highest BCUT2D eigenvalue weighted by Crippen LogP contribution is 2.22. The molecule has 0 aromatic rings. The molecule has 0 aromatic carbocycles. The molecule has 0 spiro atoms. The number of ether oxygens (including phenoxy) is 1. The van der Waals surface area contributed by atoms with Gasteiger partial charge in [0.2, 0.25) is 0 Å². The first-order chi connectivity index (χ1) is 9.07. The molecule has 1 aliphatic heterocycles.